The van der Waals surface area contributed by atoms with Crippen molar-refractivity contribution in [2.45, 2.75) is 10.1 Å². The molecule has 0 spiro atoms. The van der Waals surface area contributed by atoms with Crippen LogP contribution >= 0.6 is 11.8 Å². The monoisotopic (exact) mass is 476 g/mol. The van der Waals surface area contributed by atoms with Gasteiger partial charge in [-0.25, -0.2) is 0 Å². The van der Waals surface area contributed by atoms with Gasteiger partial charge in [-0.05, 0) is 41.5 Å². The molecule has 0 N–H and O–H groups in total. The molecular weight excluding hydrogens is 456 g/mol. The van der Waals surface area contributed by atoms with Crippen molar-refractivity contribution in [1.29, 1.82) is 0 Å². The number of hydrogen-bond donors (Lipinski definition) is 0. The molecule has 170 valence electrons. The lowest BCUT2D eigenvalue weighted by atomic mass is 10.1. The zero-order valence-corrected chi connectivity index (χ0v) is 19.4. The van der Waals surface area contributed by atoms with E-state index in [9.17, 15) is 14.4 Å². The van der Waals surface area contributed by atoms with Gasteiger partial charge in [-0.1, -0.05) is 84.9 Å². The standard InChI is InChI=1S/C30H20O4S/c31-27-24-13-7-8-14-25(24)28(32)26(27)19-20-15-17-22(18-16-20)34-30(33)29(21-9-3-1-4-10-21)35-23-11-5-2-6-12-23/h1-19,29H. The third kappa shape index (κ3) is 4.86. The third-order valence-electron chi connectivity index (χ3n) is 5.63. The predicted molar refractivity (Wildman–Crippen MR) is 137 cm³/mol. The van der Waals surface area contributed by atoms with Crippen LogP contribution in [0.5, 0.6) is 5.75 Å². The van der Waals surface area contributed by atoms with Crippen LogP contribution in [0.2, 0.25) is 0 Å². The number of ketones is 2. The van der Waals surface area contributed by atoms with E-state index in [1.165, 1.54) is 11.8 Å². The second kappa shape index (κ2) is 9.95. The fourth-order valence-corrected chi connectivity index (χ4v) is 4.91. The Hall–Kier alpha value is -4.22. The summed E-state index contributed by atoms with van der Waals surface area (Å²) < 4.78 is 5.71. The SMILES string of the molecule is O=C1C(=Cc2ccc(OC(=O)C(Sc3ccccc3)c3ccccc3)cc2)C(=O)c2ccccc21. The molecule has 5 heteroatoms. The second-order valence-corrected chi connectivity index (χ2v) is 9.15. The van der Waals surface area contributed by atoms with E-state index in [0.29, 0.717) is 22.4 Å². The van der Waals surface area contributed by atoms with Gasteiger partial charge in [0.15, 0.2) is 11.6 Å². The highest BCUT2D eigenvalue weighted by Gasteiger charge is 2.32. The summed E-state index contributed by atoms with van der Waals surface area (Å²) in [6.07, 6.45) is 1.58. The molecule has 1 aliphatic rings. The minimum atomic E-state index is -0.535. The topological polar surface area (TPSA) is 60.4 Å². The molecular formula is C30H20O4S. The number of fused-ring (bicyclic) bond motifs is 1. The second-order valence-electron chi connectivity index (χ2n) is 7.97. The first kappa shape index (κ1) is 22.6. The summed E-state index contributed by atoms with van der Waals surface area (Å²) in [6.45, 7) is 0. The largest absolute Gasteiger partial charge is 0.425 e. The van der Waals surface area contributed by atoms with Crippen molar-refractivity contribution in [2.24, 2.45) is 0 Å². The van der Waals surface area contributed by atoms with Crippen molar-refractivity contribution in [3.05, 3.63) is 137 Å². The molecule has 0 aliphatic heterocycles. The fourth-order valence-electron chi connectivity index (χ4n) is 3.89. The van der Waals surface area contributed by atoms with Crippen LogP contribution in [0, 0.1) is 0 Å². The van der Waals surface area contributed by atoms with E-state index in [-0.39, 0.29) is 23.1 Å². The molecule has 0 aromatic heterocycles. The van der Waals surface area contributed by atoms with E-state index in [1.54, 1.807) is 54.6 Å². The number of allylic oxidation sites excluding steroid dienone is 1. The molecule has 0 radical (unpaired) electrons. The normalized spacial score (nSPS) is 13.3. The van der Waals surface area contributed by atoms with Crippen molar-refractivity contribution < 1.29 is 19.1 Å². The van der Waals surface area contributed by atoms with Crippen molar-refractivity contribution in [3.8, 4) is 5.75 Å². The van der Waals surface area contributed by atoms with E-state index in [2.05, 4.69) is 0 Å². The fraction of sp³-hybridized carbons (Fsp3) is 0.0333. The van der Waals surface area contributed by atoms with E-state index in [0.717, 1.165) is 10.5 Å². The highest BCUT2D eigenvalue weighted by molar-refractivity contribution is 8.00. The molecule has 0 saturated heterocycles. The Balaban J connectivity index is 1.34. The van der Waals surface area contributed by atoms with Gasteiger partial charge in [-0.3, -0.25) is 14.4 Å². The Morgan fingerprint density at radius 3 is 1.83 bits per heavy atom. The first-order valence-corrected chi connectivity index (χ1v) is 12.0. The minimum Gasteiger partial charge on any atom is -0.425 e. The van der Waals surface area contributed by atoms with Crippen LogP contribution in [0.3, 0.4) is 0 Å². The smallest absolute Gasteiger partial charge is 0.329 e. The summed E-state index contributed by atoms with van der Waals surface area (Å²) in [4.78, 5) is 39.4. The quantitative estimate of drug-likeness (QED) is 0.103. The van der Waals surface area contributed by atoms with E-state index in [4.69, 9.17) is 4.74 Å². The lowest BCUT2D eigenvalue weighted by Crippen LogP contribution is -2.16. The van der Waals surface area contributed by atoms with Gasteiger partial charge in [0.05, 0.1) is 5.57 Å². The predicted octanol–water partition coefficient (Wildman–Crippen LogP) is 6.59. The van der Waals surface area contributed by atoms with Crippen molar-refractivity contribution in [1.82, 2.24) is 0 Å². The summed E-state index contributed by atoms with van der Waals surface area (Å²) >= 11 is 1.43. The Morgan fingerprint density at radius 1 is 0.686 bits per heavy atom. The van der Waals surface area contributed by atoms with Gasteiger partial charge in [0.25, 0.3) is 0 Å². The average Bonchev–Trinajstić information content (AvgIpc) is 3.14. The first-order valence-electron chi connectivity index (χ1n) is 11.1. The molecule has 0 bridgehead atoms. The molecule has 4 nitrogen and oxygen atoms in total. The summed E-state index contributed by atoms with van der Waals surface area (Å²) in [5.41, 5.74) is 2.52. The highest BCUT2D eigenvalue weighted by atomic mass is 32.2. The van der Waals surface area contributed by atoms with Crippen LogP contribution in [0.4, 0.5) is 0 Å². The lowest BCUT2D eigenvalue weighted by Gasteiger charge is -2.16. The van der Waals surface area contributed by atoms with Crippen LogP contribution in [0.15, 0.2) is 120 Å². The molecule has 1 aliphatic carbocycles. The van der Waals surface area contributed by atoms with Crippen LogP contribution in [-0.2, 0) is 4.79 Å². The lowest BCUT2D eigenvalue weighted by molar-refractivity contribution is -0.133. The van der Waals surface area contributed by atoms with E-state index >= 15 is 0 Å². The van der Waals surface area contributed by atoms with Crippen molar-refractivity contribution in [3.63, 3.8) is 0 Å². The molecule has 35 heavy (non-hydrogen) atoms. The van der Waals surface area contributed by atoms with Gasteiger partial charge >= 0.3 is 5.97 Å². The van der Waals surface area contributed by atoms with Gasteiger partial charge < -0.3 is 4.74 Å². The van der Waals surface area contributed by atoms with Crippen molar-refractivity contribution in [2.75, 3.05) is 0 Å². The zero-order chi connectivity index (χ0) is 24.2. The number of esters is 1. The Bertz CT molecular complexity index is 1390. The molecule has 0 saturated carbocycles. The molecule has 4 aromatic rings. The van der Waals surface area contributed by atoms with Crippen molar-refractivity contribution >= 4 is 35.4 Å². The van der Waals surface area contributed by atoms with Gasteiger partial charge in [0.2, 0.25) is 0 Å². The number of rotatable bonds is 6. The molecule has 4 aromatic carbocycles. The van der Waals surface area contributed by atoms with Crippen LogP contribution in [-0.4, -0.2) is 17.5 Å². The third-order valence-corrected chi connectivity index (χ3v) is 6.87. The first-order chi connectivity index (χ1) is 17.1. The summed E-state index contributed by atoms with van der Waals surface area (Å²) in [7, 11) is 0. The van der Waals surface area contributed by atoms with Gasteiger partial charge in [0, 0.05) is 16.0 Å². The Kier molecular flexibility index (Phi) is 6.42. The maximum absolute atomic E-state index is 13.1. The van der Waals surface area contributed by atoms with E-state index < -0.39 is 5.25 Å². The molecule has 1 unspecified atom stereocenters. The van der Waals surface area contributed by atoms with E-state index in [1.807, 2.05) is 60.7 Å². The molecule has 0 heterocycles. The number of benzene rings is 4. The van der Waals surface area contributed by atoms with Crippen LogP contribution in [0.1, 0.15) is 37.1 Å². The average molecular weight is 477 g/mol. The Morgan fingerprint density at radius 2 is 1.23 bits per heavy atom. The molecule has 0 amide bonds. The molecule has 1 atom stereocenters. The molecule has 0 fully saturated rings. The zero-order valence-electron chi connectivity index (χ0n) is 18.6. The minimum absolute atomic E-state index is 0.138. The molecule has 5 rings (SSSR count). The maximum atomic E-state index is 13.1. The van der Waals surface area contributed by atoms with Gasteiger partial charge in [0.1, 0.15) is 11.0 Å². The number of thioether (sulfide) groups is 1. The van der Waals surface area contributed by atoms with Crippen LogP contribution in [0.25, 0.3) is 6.08 Å². The van der Waals surface area contributed by atoms with Crippen LogP contribution < -0.4 is 4.74 Å². The highest BCUT2D eigenvalue weighted by Crippen LogP contribution is 2.36. The number of Topliss-reactive ketones (excluding diaryl/α,β-unsaturated/α-hetero) is 2. The Labute approximate surface area is 207 Å². The number of carbonyl (C=O) groups excluding carboxylic acids is 3. The summed E-state index contributed by atoms with van der Waals surface area (Å²) in [5, 5.41) is -0.535. The number of carbonyl (C=O) groups is 3. The summed E-state index contributed by atoms with van der Waals surface area (Å²) in [5.74, 6) is -0.540. The maximum Gasteiger partial charge on any atom is 0.329 e. The van der Waals surface area contributed by atoms with Gasteiger partial charge in [-0.2, -0.15) is 0 Å². The number of hydrogen-bond acceptors (Lipinski definition) is 5. The number of ether oxygens (including phenoxy) is 1. The summed E-state index contributed by atoms with van der Waals surface area (Å²) in [6, 6.07) is 32.8. The van der Waals surface area contributed by atoms with Gasteiger partial charge in [-0.15, -0.1) is 11.8 Å².